The topological polar surface area (TPSA) is 66.8 Å². The molecule has 0 radical (unpaired) electrons. The summed E-state index contributed by atoms with van der Waals surface area (Å²) in [7, 11) is 0. The molecule has 1 aliphatic heterocycles. The van der Waals surface area contributed by atoms with E-state index in [1.807, 2.05) is 30.4 Å². The van der Waals surface area contributed by atoms with Gasteiger partial charge in [-0.05, 0) is 29.5 Å². The Hall–Kier alpha value is -1.65. The number of fused-ring (bicyclic) bond motifs is 1. The first-order valence-corrected chi connectivity index (χ1v) is 6.92. The minimum absolute atomic E-state index is 0.266. The van der Waals surface area contributed by atoms with Crippen LogP contribution in [0.2, 0.25) is 0 Å². The van der Waals surface area contributed by atoms with Crippen LogP contribution in [0, 0.1) is 11.8 Å². The number of allylic oxidation sites excluding steroid dienone is 2. The summed E-state index contributed by atoms with van der Waals surface area (Å²) in [4.78, 5) is 11.3. The smallest absolute Gasteiger partial charge is 0.307 e. The van der Waals surface area contributed by atoms with Crippen molar-refractivity contribution in [3.8, 4) is 0 Å². The number of ether oxygens (including phenoxy) is 1. The fourth-order valence-corrected chi connectivity index (χ4v) is 3.09. The lowest BCUT2D eigenvalue weighted by Crippen LogP contribution is -2.29. The van der Waals surface area contributed by atoms with Gasteiger partial charge in [0, 0.05) is 5.92 Å². The first-order chi connectivity index (χ1) is 9.66. The van der Waals surface area contributed by atoms with Crippen molar-refractivity contribution >= 4 is 5.97 Å². The fraction of sp³-hybridized carbons (Fsp3) is 0.438. The van der Waals surface area contributed by atoms with Gasteiger partial charge in [-0.25, -0.2) is 0 Å². The number of carboxylic acid groups (broad SMARTS) is 1. The Bertz CT molecular complexity index is 549. The molecule has 4 heteroatoms. The highest BCUT2D eigenvalue weighted by Crippen LogP contribution is 2.37. The van der Waals surface area contributed by atoms with Crippen LogP contribution in [0.3, 0.4) is 0 Å². The summed E-state index contributed by atoms with van der Waals surface area (Å²) in [5.41, 5.74) is 3.04. The van der Waals surface area contributed by atoms with Gasteiger partial charge in [0.1, 0.15) is 0 Å². The van der Waals surface area contributed by atoms with Crippen LogP contribution in [0.1, 0.15) is 35.6 Å². The summed E-state index contributed by atoms with van der Waals surface area (Å²) in [6.07, 6.45) is 4.20. The molecule has 0 fully saturated rings. The Morgan fingerprint density at radius 2 is 1.95 bits per heavy atom. The van der Waals surface area contributed by atoms with Crippen molar-refractivity contribution in [1.29, 1.82) is 0 Å². The van der Waals surface area contributed by atoms with Crippen LogP contribution in [-0.4, -0.2) is 16.2 Å². The van der Waals surface area contributed by atoms with Gasteiger partial charge in [-0.1, -0.05) is 30.4 Å². The Morgan fingerprint density at radius 1 is 1.20 bits per heavy atom. The molecule has 0 amide bonds. The maximum atomic E-state index is 11.3. The SMILES string of the molecule is O=C(O)C1CC=CCC1C(O)c1ccc2c(c1)COC2. The van der Waals surface area contributed by atoms with E-state index in [0.717, 1.165) is 16.7 Å². The maximum absolute atomic E-state index is 11.3. The summed E-state index contributed by atoms with van der Waals surface area (Å²) < 4.78 is 5.37. The molecule has 3 atom stereocenters. The van der Waals surface area contributed by atoms with E-state index in [1.54, 1.807) is 0 Å². The van der Waals surface area contributed by atoms with Crippen molar-refractivity contribution in [1.82, 2.24) is 0 Å². The summed E-state index contributed by atoms with van der Waals surface area (Å²) in [6.45, 7) is 1.19. The van der Waals surface area contributed by atoms with Crippen molar-refractivity contribution in [3.05, 3.63) is 47.0 Å². The van der Waals surface area contributed by atoms with E-state index < -0.39 is 18.0 Å². The molecule has 1 heterocycles. The van der Waals surface area contributed by atoms with Gasteiger partial charge in [0.2, 0.25) is 0 Å². The van der Waals surface area contributed by atoms with E-state index in [9.17, 15) is 15.0 Å². The van der Waals surface area contributed by atoms with Gasteiger partial charge in [-0.15, -0.1) is 0 Å². The number of aliphatic carboxylic acids is 1. The van der Waals surface area contributed by atoms with Gasteiger partial charge in [0.15, 0.2) is 0 Å². The number of benzene rings is 1. The average molecular weight is 274 g/mol. The van der Waals surface area contributed by atoms with Gasteiger partial charge in [-0.2, -0.15) is 0 Å². The second-order valence-electron chi connectivity index (χ2n) is 5.52. The van der Waals surface area contributed by atoms with E-state index in [2.05, 4.69) is 0 Å². The molecule has 1 aromatic carbocycles. The van der Waals surface area contributed by atoms with Gasteiger partial charge >= 0.3 is 5.97 Å². The Morgan fingerprint density at radius 3 is 2.75 bits per heavy atom. The molecule has 0 bridgehead atoms. The lowest BCUT2D eigenvalue weighted by molar-refractivity contribution is -0.145. The maximum Gasteiger partial charge on any atom is 0.307 e. The highest BCUT2D eigenvalue weighted by molar-refractivity contribution is 5.71. The number of aliphatic hydroxyl groups is 1. The highest BCUT2D eigenvalue weighted by atomic mass is 16.5. The molecule has 106 valence electrons. The normalized spacial score (nSPS) is 26.2. The number of rotatable bonds is 3. The molecule has 0 saturated carbocycles. The van der Waals surface area contributed by atoms with Crippen molar-refractivity contribution in [2.45, 2.75) is 32.2 Å². The molecule has 1 aromatic rings. The largest absolute Gasteiger partial charge is 0.481 e. The summed E-state index contributed by atoms with van der Waals surface area (Å²) >= 11 is 0. The number of carbonyl (C=O) groups is 1. The standard InChI is InChI=1S/C16H18O4/c17-15(13-3-1-2-4-14(13)16(18)19)10-5-6-11-8-20-9-12(11)7-10/h1-2,5-7,13-15,17H,3-4,8-9H2,(H,18,19). The molecule has 3 rings (SSSR count). The average Bonchev–Trinajstić information content (AvgIpc) is 2.93. The zero-order valence-corrected chi connectivity index (χ0v) is 11.2. The van der Waals surface area contributed by atoms with Gasteiger partial charge in [-0.3, -0.25) is 4.79 Å². The zero-order chi connectivity index (χ0) is 14.1. The quantitative estimate of drug-likeness (QED) is 0.831. The monoisotopic (exact) mass is 274 g/mol. The minimum Gasteiger partial charge on any atom is -0.481 e. The zero-order valence-electron chi connectivity index (χ0n) is 11.2. The molecule has 0 aromatic heterocycles. The minimum atomic E-state index is -0.831. The Kier molecular flexibility index (Phi) is 3.59. The molecule has 20 heavy (non-hydrogen) atoms. The van der Waals surface area contributed by atoms with Crippen LogP contribution < -0.4 is 0 Å². The lowest BCUT2D eigenvalue weighted by Gasteiger charge is -2.30. The van der Waals surface area contributed by atoms with Crippen molar-refractivity contribution < 1.29 is 19.7 Å². The van der Waals surface area contributed by atoms with Crippen LogP contribution in [-0.2, 0) is 22.7 Å². The van der Waals surface area contributed by atoms with Crippen molar-refractivity contribution in [2.75, 3.05) is 0 Å². The number of aliphatic hydroxyl groups excluding tert-OH is 1. The third-order valence-electron chi connectivity index (χ3n) is 4.29. The lowest BCUT2D eigenvalue weighted by atomic mass is 9.77. The molecule has 3 unspecified atom stereocenters. The van der Waals surface area contributed by atoms with Crippen LogP contribution in [0.15, 0.2) is 30.4 Å². The molecule has 2 aliphatic rings. The first kappa shape index (κ1) is 13.3. The second-order valence-corrected chi connectivity index (χ2v) is 5.52. The van der Waals surface area contributed by atoms with Gasteiger partial charge < -0.3 is 14.9 Å². The predicted molar refractivity (Wildman–Crippen MR) is 72.9 cm³/mol. The molecule has 4 nitrogen and oxygen atoms in total. The van der Waals surface area contributed by atoms with E-state index in [-0.39, 0.29) is 5.92 Å². The molecular formula is C16H18O4. The number of hydrogen-bond acceptors (Lipinski definition) is 3. The Balaban J connectivity index is 1.85. The first-order valence-electron chi connectivity index (χ1n) is 6.92. The Labute approximate surface area is 117 Å². The third-order valence-corrected chi connectivity index (χ3v) is 4.29. The van der Waals surface area contributed by atoms with E-state index in [1.165, 1.54) is 0 Å². The van der Waals surface area contributed by atoms with Crippen molar-refractivity contribution in [3.63, 3.8) is 0 Å². The molecule has 1 aliphatic carbocycles. The highest BCUT2D eigenvalue weighted by Gasteiger charge is 2.34. The van der Waals surface area contributed by atoms with E-state index in [4.69, 9.17) is 4.74 Å². The number of carboxylic acids is 1. The van der Waals surface area contributed by atoms with Crippen LogP contribution in [0.4, 0.5) is 0 Å². The summed E-state index contributed by atoms with van der Waals surface area (Å²) in [6, 6.07) is 5.80. The number of hydrogen-bond donors (Lipinski definition) is 2. The van der Waals surface area contributed by atoms with E-state index in [0.29, 0.717) is 26.1 Å². The summed E-state index contributed by atoms with van der Waals surface area (Å²) in [5, 5.41) is 19.9. The van der Waals surface area contributed by atoms with Gasteiger partial charge in [0.05, 0.1) is 25.2 Å². The van der Waals surface area contributed by atoms with E-state index >= 15 is 0 Å². The molecule has 0 saturated heterocycles. The van der Waals surface area contributed by atoms with Crippen LogP contribution >= 0.6 is 0 Å². The molecular weight excluding hydrogens is 256 g/mol. The molecule has 0 spiro atoms. The van der Waals surface area contributed by atoms with Gasteiger partial charge in [0.25, 0.3) is 0 Å². The predicted octanol–water partition coefficient (Wildman–Crippen LogP) is 2.42. The second kappa shape index (κ2) is 5.38. The van der Waals surface area contributed by atoms with Crippen LogP contribution in [0.5, 0.6) is 0 Å². The van der Waals surface area contributed by atoms with Crippen molar-refractivity contribution in [2.24, 2.45) is 11.8 Å². The molecule has 2 N–H and O–H groups in total. The third kappa shape index (κ3) is 2.37. The fourth-order valence-electron chi connectivity index (χ4n) is 3.09. The summed E-state index contributed by atoms with van der Waals surface area (Å²) in [5.74, 6) is -1.61. The van der Waals surface area contributed by atoms with Crippen LogP contribution in [0.25, 0.3) is 0 Å².